The predicted molar refractivity (Wildman–Crippen MR) is 78.1 cm³/mol. The minimum Gasteiger partial charge on any atom is -0.388 e. The fraction of sp³-hybridized carbons (Fsp3) is 0.375. The number of aliphatic hydroxyl groups is 1. The first kappa shape index (κ1) is 13.3. The summed E-state index contributed by atoms with van der Waals surface area (Å²) in [7, 11) is 0. The zero-order valence-electron chi connectivity index (χ0n) is 11.2. The first-order chi connectivity index (χ1) is 8.48. The summed E-state index contributed by atoms with van der Waals surface area (Å²) < 4.78 is 0. The highest BCUT2D eigenvalue weighted by molar-refractivity contribution is 7.09. The Balaban J connectivity index is 2.27. The van der Waals surface area contributed by atoms with Crippen LogP contribution in [0.2, 0.25) is 0 Å². The SMILES string of the molecule is CC(C)(C)c1ccccc1C(O)Cc1cccs1. The molecule has 0 saturated carbocycles. The highest BCUT2D eigenvalue weighted by Crippen LogP contribution is 2.31. The van der Waals surface area contributed by atoms with Crippen LogP contribution in [0.1, 0.15) is 42.9 Å². The van der Waals surface area contributed by atoms with E-state index < -0.39 is 6.10 Å². The van der Waals surface area contributed by atoms with Gasteiger partial charge < -0.3 is 5.11 Å². The van der Waals surface area contributed by atoms with Gasteiger partial charge in [-0.25, -0.2) is 0 Å². The second-order valence-electron chi connectivity index (χ2n) is 5.64. The molecule has 0 fully saturated rings. The Morgan fingerprint density at radius 2 is 1.83 bits per heavy atom. The molecule has 2 rings (SSSR count). The van der Waals surface area contributed by atoms with Gasteiger partial charge in [0.1, 0.15) is 0 Å². The predicted octanol–water partition coefficient (Wildman–Crippen LogP) is 4.32. The molecule has 2 heteroatoms. The van der Waals surface area contributed by atoms with Crippen LogP contribution >= 0.6 is 11.3 Å². The summed E-state index contributed by atoms with van der Waals surface area (Å²) in [6.45, 7) is 6.55. The van der Waals surface area contributed by atoms with Gasteiger partial charge in [0.05, 0.1) is 6.10 Å². The zero-order valence-corrected chi connectivity index (χ0v) is 12.0. The normalized spacial score (nSPS) is 13.6. The van der Waals surface area contributed by atoms with Gasteiger partial charge >= 0.3 is 0 Å². The third-order valence-electron chi connectivity index (χ3n) is 3.10. The molecular weight excluding hydrogens is 240 g/mol. The lowest BCUT2D eigenvalue weighted by Gasteiger charge is -2.25. The smallest absolute Gasteiger partial charge is 0.0841 e. The molecule has 1 nitrogen and oxygen atoms in total. The summed E-state index contributed by atoms with van der Waals surface area (Å²) in [6.07, 6.45) is 0.282. The van der Waals surface area contributed by atoms with Crippen molar-refractivity contribution in [2.75, 3.05) is 0 Å². The lowest BCUT2D eigenvalue weighted by atomic mass is 9.82. The van der Waals surface area contributed by atoms with E-state index in [0.29, 0.717) is 6.42 Å². The molecule has 0 aliphatic carbocycles. The second-order valence-corrected chi connectivity index (χ2v) is 6.67. The lowest BCUT2D eigenvalue weighted by molar-refractivity contribution is 0.177. The highest BCUT2D eigenvalue weighted by Gasteiger charge is 2.21. The number of hydrogen-bond acceptors (Lipinski definition) is 2. The van der Waals surface area contributed by atoms with Crippen LogP contribution in [0.3, 0.4) is 0 Å². The molecule has 0 saturated heterocycles. The summed E-state index contributed by atoms with van der Waals surface area (Å²) >= 11 is 1.70. The lowest BCUT2D eigenvalue weighted by Crippen LogP contribution is -2.16. The molecule has 96 valence electrons. The number of aliphatic hydroxyl groups excluding tert-OH is 1. The van der Waals surface area contributed by atoms with Gasteiger partial charge in [-0.3, -0.25) is 0 Å². The van der Waals surface area contributed by atoms with Gasteiger partial charge in [0.2, 0.25) is 0 Å². The van der Waals surface area contributed by atoms with Crippen LogP contribution in [0.5, 0.6) is 0 Å². The van der Waals surface area contributed by atoms with E-state index in [9.17, 15) is 5.11 Å². The average molecular weight is 260 g/mol. The van der Waals surface area contributed by atoms with E-state index in [1.54, 1.807) is 11.3 Å². The van der Waals surface area contributed by atoms with Crippen LogP contribution in [0, 0.1) is 0 Å². The average Bonchev–Trinajstić information content (AvgIpc) is 2.80. The van der Waals surface area contributed by atoms with Crippen molar-refractivity contribution in [1.29, 1.82) is 0 Å². The number of thiophene rings is 1. The van der Waals surface area contributed by atoms with E-state index in [4.69, 9.17) is 0 Å². The van der Waals surface area contributed by atoms with E-state index in [-0.39, 0.29) is 5.41 Å². The zero-order chi connectivity index (χ0) is 13.2. The third-order valence-corrected chi connectivity index (χ3v) is 4.00. The molecule has 1 heterocycles. The van der Waals surface area contributed by atoms with Gasteiger partial charge in [-0.05, 0) is 28.0 Å². The van der Waals surface area contributed by atoms with Crippen molar-refractivity contribution in [2.45, 2.75) is 38.7 Å². The van der Waals surface area contributed by atoms with Gasteiger partial charge in [-0.15, -0.1) is 11.3 Å². The summed E-state index contributed by atoms with van der Waals surface area (Å²) in [6, 6.07) is 12.3. The van der Waals surface area contributed by atoms with Crippen molar-refractivity contribution in [3.63, 3.8) is 0 Å². The van der Waals surface area contributed by atoms with Crippen LogP contribution in [0.15, 0.2) is 41.8 Å². The summed E-state index contributed by atoms with van der Waals surface area (Å²) in [5, 5.41) is 12.5. The van der Waals surface area contributed by atoms with Gasteiger partial charge in [0, 0.05) is 11.3 Å². The third kappa shape index (κ3) is 3.01. The second kappa shape index (κ2) is 5.25. The first-order valence-electron chi connectivity index (χ1n) is 6.28. The number of rotatable bonds is 3. The minimum absolute atomic E-state index is 0.0625. The monoisotopic (exact) mass is 260 g/mol. The molecule has 18 heavy (non-hydrogen) atoms. The number of benzene rings is 1. The minimum atomic E-state index is -0.418. The Bertz CT molecular complexity index is 494. The molecular formula is C16H20OS. The van der Waals surface area contributed by atoms with Crippen LogP contribution < -0.4 is 0 Å². The van der Waals surface area contributed by atoms with E-state index in [0.717, 1.165) is 5.56 Å². The molecule has 0 bridgehead atoms. The van der Waals surface area contributed by atoms with Crippen molar-refractivity contribution in [2.24, 2.45) is 0 Å². The Hall–Kier alpha value is -1.12. The Labute approximate surface area is 113 Å². The number of hydrogen-bond donors (Lipinski definition) is 1. The molecule has 1 aromatic heterocycles. The molecule has 1 unspecified atom stereocenters. The maximum absolute atomic E-state index is 10.4. The van der Waals surface area contributed by atoms with Crippen molar-refractivity contribution >= 4 is 11.3 Å². The maximum Gasteiger partial charge on any atom is 0.0841 e. The maximum atomic E-state index is 10.4. The first-order valence-corrected chi connectivity index (χ1v) is 7.16. The van der Waals surface area contributed by atoms with Crippen LogP contribution in [0.4, 0.5) is 0 Å². The standard InChI is InChI=1S/C16H20OS/c1-16(2,3)14-9-5-4-8-13(14)15(17)11-12-7-6-10-18-12/h4-10,15,17H,11H2,1-3H3. The Morgan fingerprint density at radius 1 is 1.11 bits per heavy atom. The molecule has 2 aromatic rings. The molecule has 1 atom stereocenters. The summed E-state index contributed by atoms with van der Waals surface area (Å²) in [5.41, 5.74) is 2.35. The molecule has 0 radical (unpaired) electrons. The van der Waals surface area contributed by atoms with Crippen LogP contribution in [-0.4, -0.2) is 5.11 Å². The van der Waals surface area contributed by atoms with Crippen molar-refractivity contribution in [3.05, 3.63) is 57.8 Å². The molecule has 1 N–H and O–H groups in total. The van der Waals surface area contributed by atoms with Gasteiger partial charge in [-0.2, -0.15) is 0 Å². The van der Waals surface area contributed by atoms with Crippen molar-refractivity contribution in [1.82, 2.24) is 0 Å². The van der Waals surface area contributed by atoms with E-state index >= 15 is 0 Å². The molecule has 1 aromatic carbocycles. The quantitative estimate of drug-likeness (QED) is 0.871. The van der Waals surface area contributed by atoms with Crippen LogP contribution in [-0.2, 0) is 11.8 Å². The van der Waals surface area contributed by atoms with Crippen LogP contribution in [0.25, 0.3) is 0 Å². The molecule has 0 amide bonds. The molecule has 0 spiro atoms. The summed E-state index contributed by atoms with van der Waals surface area (Å²) in [5.74, 6) is 0. The van der Waals surface area contributed by atoms with E-state index in [1.807, 2.05) is 24.3 Å². The van der Waals surface area contributed by atoms with Gasteiger partial charge in [-0.1, -0.05) is 51.1 Å². The summed E-state index contributed by atoms with van der Waals surface area (Å²) in [4.78, 5) is 1.23. The van der Waals surface area contributed by atoms with Gasteiger partial charge in [0.25, 0.3) is 0 Å². The fourth-order valence-corrected chi connectivity index (χ4v) is 2.94. The fourth-order valence-electron chi connectivity index (χ4n) is 2.20. The van der Waals surface area contributed by atoms with Crippen molar-refractivity contribution in [3.8, 4) is 0 Å². The Morgan fingerprint density at radius 3 is 2.44 bits per heavy atom. The van der Waals surface area contributed by atoms with Crippen molar-refractivity contribution < 1.29 is 5.11 Å². The molecule has 0 aliphatic heterocycles. The van der Waals surface area contributed by atoms with E-state index in [1.165, 1.54) is 10.4 Å². The topological polar surface area (TPSA) is 20.2 Å². The van der Waals surface area contributed by atoms with Gasteiger partial charge in [0.15, 0.2) is 0 Å². The Kier molecular flexibility index (Phi) is 3.88. The molecule has 0 aliphatic rings. The largest absolute Gasteiger partial charge is 0.388 e. The van der Waals surface area contributed by atoms with E-state index in [2.05, 4.69) is 38.3 Å². The highest BCUT2D eigenvalue weighted by atomic mass is 32.1.